The van der Waals surface area contributed by atoms with Crippen molar-refractivity contribution in [3.8, 4) is 0 Å². The highest BCUT2D eigenvalue weighted by Gasteiger charge is 2.18. The van der Waals surface area contributed by atoms with E-state index in [-0.39, 0.29) is 5.54 Å². The molecule has 0 unspecified atom stereocenters. The van der Waals surface area contributed by atoms with Gasteiger partial charge in [0, 0.05) is 12.1 Å². The van der Waals surface area contributed by atoms with E-state index in [4.69, 9.17) is 0 Å². The molecule has 0 aromatic heterocycles. The molecule has 0 aromatic carbocycles. The van der Waals surface area contributed by atoms with E-state index < -0.39 is 0 Å². The molecule has 1 aliphatic rings. The molecule has 0 spiro atoms. The minimum Gasteiger partial charge on any atom is -0.267 e. The first-order valence-corrected chi connectivity index (χ1v) is 3.17. The highest BCUT2D eigenvalue weighted by atomic mass is 15.0. The Morgan fingerprint density at radius 3 is 2.56 bits per heavy atom. The Morgan fingerprint density at radius 1 is 1.56 bits per heavy atom. The molecule has 9 heavy (non-hydrogen) atoms. The second-order valence-electron chi connectivity index (χ2n) is 3.10. The van der Waals surface area contributed by atoms with Crippen LogP contribution in [-0.4, -0.2) is 17.6 Å². The van der Waals surface area contributed by atoms with Gasteiger partial charge in [-0.2, -0.15) is 0 Å². The molecule has 0 aromatic rings. The molecule has 1 aliphatic heterocycles. The molecular weight excluding hydrogens is 112 g/mol. The molecule has 0 amide bonds. The highest BCUT2D eigenvalue weighted by molar-refractivity contribution is 5.91. The third-order valence-electron chi connectivity index (χ3n) is 1.37. The second kappa shape index (κ2) is 1.94. The first-order chi connectivity index (χ1) is 4.10. The molecule has 0 N–H and O–H groups in total. The van der Waals surface area contributed by atoms with Crippen molar-refractivity contribution < 1.29 is 0 Å². The van der Waals surface area contributed by atoms with Crippen molar-refractivity contribution in [1.82, 2.24) is 0 Å². The average Bonchev–Trinajstić information content (AvgIpc) is 1.60. The standard InChI is InChI=1S/C7H12N2/c1-6-4-7(2,3)9-5-8-6/h5H,4H2,1-3H3. The maximum Gasteiger partial charge on any atom is 0.110 e. The predicted octanol–water partition coefficient (Wildman–Crippen LogP) is 1.66. The molecule has 2 nitrogen and oxygen atoms in total. The van der Waals surface area contributed by atoms with Gasteiger partial charge in [-0.25, -0.2) is 4.99 Å². The summed E-state index contributed by atoms with van der Waals surface area (Å²) < 4.78 is 0. The summed E-state index contributed by atoms with van der Waals surface area (Å²) in [5, 5.41) is 0. The Balaban J connectivity index is 2.73. The lowest BCUT2D eigenvalue weighted by atomic mass is 9.98. The number of nitrogens with zero attached hydrogens (tertiary/aromatic N) is 2. The molecule has 0 saturated heterocycles. The van der Waals surface area contributed by atoms with Crippen molar-refractivity contribution in [2.24, 2.45) is 9.98 Å². The van der Waals surface area contributed by atoms with Crippen LogP contribution in [0.1, 0.15) is 27.2 Å². The molecule has 1 rings (SSSR count). The SMILES string of the molecule is CC1=NC=NC(C)(C)C1. The van der Waals surface area contributed by atoms with Crippen LogP contribution in [0.25, 0.3) is 0 Å². The van der Waals surface area contributed by atoms with Crippen LogP contribution in [0.3, 0.4) is 0 Å². The zero-order valence-electron chi connectivity index (χ0n) is 6.18. The van der Waals surface area contributed by atoms with Crippen LogP contribution < -0.4 is 0 Å². The molecule has 1 heterocycles. The first kappa shape index (κ1) is 6.46. The summed E-state index contributed by atoms with van der Waals surface area (Å²) in [7, 11) is 0. The van der Waals surface area contributed by atoms with Crippen LogP contribution >= 0.6 is 0 Å². The van der Waals surface area contributed by atoms with E-state index in [1.54, 1.807) is 6.34 Å². The maximum atomic E-state index is 4.20. The van der Waals surface area contributed by atoms with Gasteiger partial charge in [-0.05, 0) is 20.8 Å². The van der Waals surface area contributed by atoms with Gasteiger partial charge in [0.1, 0.15) is 6.34 Å². The van der Waals surface area contributed by atoms with Crippen molar-refractivity contribution in [2.75, 3.05) is 0 Å². The summed E-state index contributed by atoms with van der Waals surface area (Å²) in [5.41, 5.74) is 1.27. The largest absolute Gasteiger partial charge is 0.267 e. The van der Waals surface area contributed by atoms with E-state index in [0.29, 0.717) is 0 Å². The zero-order chi connectivity index (χ0) is 6.91. The number of aliphatic imine (C=N–C) groups is 2. The number of hydrogen-bond acceptors (Lipinski definition) is 2. The average molecular weight is 124 g/mol. The van der Waals surface area contributed by atoms with E-state index in [0.717, 1.165) is 6.42 Å². The Morgan fingerprint density at radius 2 is 2.22 bits per heavy atom. The van der Waals surface area contributed by atoms with Gasteiger partial charge >= 0.3 is 0 Å². The van der Waals surface area contributed by atoms with Crippen LogP contribution in [-0.2, 0) is 0 Å². The van der Waals surface area contributed by atoms with Crippen molar-refractivity contribution >= 4 is 12.1 Å². The van der Waals surface area contributed by atoms with E-state index >= 15 is 0 Å². The molecule has 2 heteroatoms. The van der Waals surface area contributed by atoms with Gasteiger partial charge in [-0.15, -0.1) is 0 Å². The number of hydrogen-bond donors (Lipinski definition) is 0. The van der Waals surface area contributed by atoms with E-state index in [9.17, 15) is 0 Å². The maximum absolute atomic E-state index is 4.20. The van der Waals surface area contributed by atoms with Crippen molar-refractivity contribution in [3.63, 3.8) is 0 Å². The predicted molar refractivity (Wildman–Crippen MR) is 40.3 cm³/mol. The van der Waals surface area contributed by atoms with Crippen LogP contribution in [0, 0.1) is 0 Å². The van der Waals surface area contributed by atoms with Crippen molar-refractivity contribution in [2.45, 2.75) is 32.7 Å². The van der Waals surface area contributed by atoms with Gasteiger partial charge in [0.25, 0.3) is 0 Å². The summed E-state index contributed by atoms with van der Waals surface area (Å²) in [5.74, 6) is 0. The smallest absolute Gasteiger partial charge is 0.110 e. The molecule has 0 aliphatic carbocycles. The minimum absolute atomic E-state index is 0.0891. The Hall–Kier alpha value is -0.660. The third-order valence-corrected chi connectivity index (χ3v) is 1.37. The van der Waals surface area contributed by atoms with E-state index in [1.165, 1.54) is 5.71 Å². The lowest BCUT2D eigenvalue weighted by molar-refractivity contribution is 0.541. The van der Waals surface area contributed by atoms with Gasteiger partial charge in [0.05, 0.1) is 5.54 Å². The van der Waals surface area contributed by atoms with Crippen LogP contribution in [0.2, 0.25) is 0 Å². The Labute approximate surface area is 55.7 Å². The van der Waals surface area contributed by atoms with Crippen LogP contribution in [0.15, 0.2) is 9.98 Å². The molecule has 50 valence electrons. The summed E-state index contributed by atoms with van der Waals surface area (Å²) in [4.78, 5) is 8.25. The van der Waals surface area contributed by atoms with Crippen molar-refractivity contribution in [1.29, 1.82) is 0 Å². The highest BCUT2D eigenvalue weighted by Crippen LogP contribution is 2.16. The summed E-state index contributed by atoms with van der Waals surface area (Å²) in [6, 6.07) is 0. The van der Waals surface area contributed by atoms with Gasteiger partial charge in [-0.1, -0.05) is 0 Å². The molecule has 0 saturated carbocycles. The topological polar surface area (TPSA) is 24.7 Å². The monoisotopic (exact) mass is 124 g/mol. The normalized spacial score (nSPS) is 23.7. The van der Waals surface area contributed by atoms with Gasteiger partial charge in [0.2, 0.25) is 0 Å². The van der Waals surface area contributed by atoms with E-state index in [1.807, 2.05) is 6.92 Å². The minimum atomic E-state index is 0.0891. The van der Waals surface area contributed by atoms with E-state index in [2.05, 4.69) is 23.8 Å². The fourth-order valence-corrected chi connectivity index (χ4v) is 1.00. The van der Waals surface area contributed by atoms with Gasteiger partial charge in [-0.3, -0.25) is 4.99 Å². The number of rotatable bonds is 0. The van der Waals surface area contributed by atoms with Gasteiger partial charge in [0.15, 0.2) is 0 Å². The summed E-state index contributed by atoms with van der Waals surface area (Å²) in [6.45, 7) is 6.26. The van der Waals surface area contributed by atoms with Crippen LogP contribution in [0.4, 0.5) is 0 Å². The van der Waals surface area contributed by atoms with Crippen LogP contribution in [0.5, 0.6) is 0 Å². The fraction of sp³-hybridized carbons (Fsp3) is 0.714. The zero-order valence-corrected chi connectivity index (χ0v) is 6.18. The molecule has 0 bridgehead atoms. The molecule has 0 fully saturated rings. The Bertz CT molecular complexity index is 166. The third kappa shape index (κ3) is 1.63. The van der Waals surface area contributed by atoms with Crippen molar-refractivity contribution in [3.05, 3.63) is 0 Å². The molecule has 0 atom stereocenters. The first-order valence-electron chi connectivity index (χ1n) is 3.17. The second-order valence-corrected chi connectivity index (χ2v) is 3.10. The lowest BCUT2D eigenvalue weighted by Crippen LogP contribution is -2.23. The quantitative estimate of drug-likeness (QED) is 0.469. The summed E-state index contributed by atoms with van der Waals surface area (Å²) in [6.07, 6.45) is 2.64. The van der Waals surface area contributed by atoms with Gasteiger partial charge < -0.3 is 0 Å². The summed E-state index contributed by atoms with van der Waals surface area (Å²) >= 11 is 0. The fourth-order valence-electron chi connectivity index (χ4n) is 1.00. The lowest BCUT2D eigenvalue weighted by Gasteiger charge is -2.21. The molecular formula is C7H12N2. The molecule has 0 radical (unpaired) electrons. The Kier molecular flexibility index (Phi) is 1.39.